The van der Waals surface area contributed by atoms with Gasteiger partial charge in [-0.2, -0.15) is 5.26 Å². The van der Waals surface area contributed by atoms with Gasteiger partial charge in [0.15, 0.2) is 5.69 Å². The van der Waals surface area contributed by atoms with Gasteiger partial charge in [0, 0.05) is 0 Å². The lowest BCUT2D eigenvalue weighted by molar-refractivity contribution is 0.0696. The Morgan fingerprint density at radius 2 is 1.83 bits per heavy atom. The van der Waals surface area contributed by atoms with Crippen LogP contribution in [0.25, 0.3) is 5.69 Å². The Labute approximate surface area is 131 Å². The molecule has 8 heteroatoms. The Morgan fingerprint density at radius 1 is 1.22 bits per heavy atom. The number of hydrogen-bond acceptors (Lipinski definition) is 5. The molecule has 0 amide bonds. The van der Waals surface area contributed by atoms with Crippen molar-refractivity contribution in [2.24, 2.45) is 0 Å². The second-order valence-electron chi connectivity index (χ2n) is 4.89. The number of hydrogen-bond donors (Lipinski definition) is 2. The summed E-state index contributed by atoms with van der Waals surface area (Å²) in [4.78, 5) is 22.4. The number of aromatic nitrogens is 3. The molecule has 1 aromatic heterocycles. The van der Waals surface area contributed by atoms with Crippen LogP contribution in [0.3, 0.4) is 0 Å². The molecule has 0 saturated heterocycles. The van der Waals surface area contributed by atoms with Gasteiger partial charge in [0.25, 0.3) is 0 Å². The van der Waals surface area contributed by atoms with Crippen molar-refractivity contribution in [1.82, 2.24) is 15.0 Å². The molecule has 2 N–H and O–H groups in total. The van der Waals surface area contributed by atoms with Gasteiger partial charge in [0.2, 0.25) is 0 Å². The van der Waals surface area contributed by atoms with Crippen molar-refractivity contribution in [3.05, 3.63) is 40.7 Å². The minimum Gasteiger partial charge on any atom is -0.478 e. The zero-order valence-electron chi connectivity index (χ0n) is 12.4. The SMILES string of the molecule is CCCCc1c(C#N)nnn1-c1cc(C(=O)O)cc(C(=O)O)c1. The predicted octanol–water partition coefficient (Wildman–Crippen LogP) is 1.88. The molecular weight excluding hydrogens is 300 g/mol. The van der Waals surface area contributed by atoms with Gasteiger partial charge >= 0.3 is 11.9 Å². The van der Waals surface area contributed by atoms with Gasteiger partial charge in [-0.15, -0.1) is 5.10 Å². The molecule has 1 aromatic carbocycles. The van der Waals surface area contributed by atoms with Crippen LogP contribution in [0, 0.1) is 11.3 Å². The van der Waals surface area contributed by atoms with Crippen molar-refractivity contribution in [2.75, 3.05) is 0 Å². The highest BCUT2D eigenvalue weighted by molar-refractivity contribution is 5.94. The molecule has 0 aliphatic rings. The number of nitriles is 1. The molecule has 0 spiro atoms. The maximum Gasteiger partial charge on any atom is 0.335 e. The minimum atomic E-state index is -1.25. The number of carboxylic acids is 2. The molecule has 1 heterocycles. The number of nitrogens with zero attached hydrogens (tertiary/aromatic N) is 4. The maximum atomic E-state index is 11.2. The van der Waals surface area contributed by atoms with Crippen molar-refractivity contribution < 1.29 is 19.8 Å². The van der Waals surface area contributed by atoms with Gasteiger partial charge in [-0.25, -0.2) is 14.3 Å². The van der Waals surface area contributed by atoms with Crippen molar-refractivity contribution in [3.63, 3.8) is 0 Å². The van der Waals surface area contributed by atoms with E-state index in [4.69, 9.17) is 15.5 Å². The topological polar surface area (TPSA) is 129 Å². The molecule has 0 aliphatic heterocycles. The summed E-state index contributed by atoms with van der Waals surface area (Å²) < 4.78 is 1.33. The van der Waals surface area contributed by atoms with Crippen molar-refractivity contribution >= 4 is 11.9 Å². The van der Waals surface area contributed by atoms with Gasteiger partial charge in [-0.3, -0.25) is 0 Å². The van der Waals surface area contributed by atoms with E-state index in [1.165, 1.54) is 16.8 Å². The van der Waals surface area contributed by atoms with E-state index in [1.54, 1.807) is 0 Å². The van der Waals surface area contributed by atoms with Gasteiger partial charge in [0.1, 0.15) is 6.07 Å². The highest BCUT2D eigenvalue weighted by Gasteiger charge is 2.17. The first-order chi connectivity index (χ1) is 11.0. The standard InChI is InChI=1S/C15H14N4O4/c1-2-3-4-13-12(8-16)17-18-19(13)11-6-9(14(20)21)5-10(7-11)15(22)23/h5-7H,2-4H2,1H3,(H,20,21)(H,22,23). The van der Waals surface area contributed by atoms with Gasteiger partial charge in [-0.05, 0) is 31.0 Å². The van der Waals surface area contributed by atoms with E-state index < -0.39 is 11.9 Å². The molecule has 118 valence electrons. The summed E-state index contributed by atoms with van der Waals surface area (Å²) in [6.45, 7) is 1.99. The number of carbonyl (C=O) groups is 2. The molecule has 8 nitrogen and oxygen atoms in total. The van der Waals surface area contributed by atoms with E-state index in [9.17, 15) is 9.59 Å². The summed E-state index contributed by atoms with van der Waals surface area (Å²) in [6, 6.07) is 5.62. The van der Waals surface area contributed by atoms with E-state index in [2.05, 4.69) is 10.3 Å². The van der Waals surface area contributed by atoms with Crippen LogP contribution in [0.5, 0.6) is 0 Å². The lowest BCUT2D eigenvalue weighted by atomic mass is 10.1. The lowest BCUT2D eigenvalue weighted by Crippen LogP contribution is -2.09. The van der Waals surface area contributed by atoms with Gasteiger partial charge < -0.3 is 10.2 Å². The van der Waals surface area contributed by atoms with Crippen LogP contribution in [0.2, 0.25) is 0 Å². The van der Waals surface area contributed by atoms with E-state index >= 15 is 0 Å². The molecule has 0 fully saturated rings. The Hall–Kier alpha value is -3.21. The third-order valence-electron chi connectivity index (χ3n) is 3.29. The molecule has 2 aromatic rings. The van der Waals surface area contributed by atoms with Crippen LogP contribution in [0.15, 0.2) is 18.2 Å². The van der Waals surface area contributed by atoms with Crippen LogP contribution in [-0.4, -0.2) is 37.1 Å². The molecule has 0 aliphatic carbocycles. The second-order valence-corrected chi connectivity index (χ2v) is 4.89. The Balaban J connectivity index is 2.62. The highest BCUT2D eigenvalue weighted by Crippen LogP contribution is 2.19. The van der Waals surface area contributed by atoms with E-state index in [-0.39, 0.29) is 22.5 Å². The quantitative estimate of drug-likeness (QED) is 0.832. The van der Waals surface area contributed by atoms with E-state index in [1.807, 2.05) is 13.0 Å². The van der Waals surface area contributed by atoms with Crippen molar-refractivity contribution in [1.29, 1.82) is 5.26 Å². The molecule has 0 saturated carbocycles. The molecule has 23 heavy (non-hydrogen) atoms. The smallest absolute Gasteiger partial charge is 0.335 e. The summed E-state index contributed by atoms with van der Waals surface area (Å²) in [7, 11) is 0. The second kappa shape index (κ2) is 6.70. The average Bonchev–Trinajstić information content (AvgIpc) is 2.95. The first-order valence-electron chi connectivity index (χ1n) is 6.94. The predicted molar refractivity (Wildman–Crippen MR) is 78.6 cm³/mol. The van der Waals surface area contributed by atoms with Crippen LogP contribution < -0.4 is 0 Å². The van der Waals surface area contributed by atoms with Crippen LogP contribution in [-0.2, 0) is 6.42 Å². The molecule has 2 rings (SSSR count). The fourth-order valence-electron chi connectivity index (χ4n) is 2.14. The largest absolute Gasteiger partial charge is 0.478 e. The number of aromatic carboxylic acids is 2. The zero-order valence-corrected chi connectivity index (χ0v) is 12.4. The fourth-order valence-corrected chi connectivity index (χ4v) is 2.14. The van der Waals surface area contributed by atoms with Gasteiger partial charge in [-0.1, -0.05) is 18.6 Å². The van der Waals surface area contributed by atoms with Crippen molar-refractivity contribution in [2.45, 2.75) is 26.2 Å². The maximum absolute atomic E-state index is 11.2. The molecular formula is C15H14N4O4. The van der Waals surface area contributed by atoms with Crippen molar-refractivity contribution in [3.8, 4) is 11.8 Å². The summed E-state index contributed by atoms with van der Waals surface area (Å²) in [5.41, 5.74) is 0.595. The molecule has 0 unspecified atom stereocenters. The third-order valence-corrected chi connectivity index (χ3v) is 3.29. The summed E-state index contributed by atoms with van der Waals surface area (Å²) in [6.07, 6.45) is 2.23. The van der Waals surface area contributed by atoms with Crippen LogP contribution >= 0.6 is 0 Å². The number of benzene rings is 1. The Bertz CT molecular complexity index is 772. The summed E-state index contributed by atoms with van der Waals surface area (Å²) >= 11 is 0. The number of rotatable bonds is 6. The van der Waals surface area contributed by atoms with Gasteiger partial charge in [0.05, 0.1) is 22.5 Å². The normalized spacial score (nSPS) is 10.3. The zero-order chi connectivity index (χ0) is 17.0. The Morgan fingerprint density at radius 3 is 2.30 bits per heavy atom. The summed E-state index contributed by atoms with van der Waals surface area (Å²) in [5.74, 6) is -2.49. The molecule has 0 radical (unpaired) electrons. The van der Waals surface area contributed by atoms with Crippen LogP contribution in [0.4, 0.5) is 0 Å². The minimum absolute atomic E-state index is 0.149. The van der Waals surface area contributed by atoms with E-state index in [0.29, 0.717) is 12.1 Å². The fraction of sp³-hybridized carbons (Fsp3) is 0.267. The molecule has 0 atom stereocenters. The first-order valence-corrected chi connectivity index (χ1v) is 6.94. The average molecular weight is 314 g/mol. The number of carboxylic acid groups (broad SMARTS) is 2. The highest BCUT2D eigenvalue weighted by atomic mass is 16.4. The van der Waals surface area contributed by atoms with E-state index in [0.717, 1.165) is 18.9 Å². The van der Waals surface area contributed by atoms with Crippen LogP contribution in [0.1, 0.15) is 51.9 Å². The first kappa shape index (κ1) is 16.2. The molecule has 0 bridgehead atoms. The third kappa shape index (κ3) is 3.35. The monoisotopic (exact) mass is 314 g/mol. The number of unbranched alkanes of at least 4 members (excludes halogenated alkanes) is 1. The lowest BCUT2D eigenvalue weighted by Gasteiger charge is -2.08. The summed E-state index contributed by atoms with van der Waals surface area (Å²) in [5, 5.41) is 35.0. The Kier molecular flexibility index (Phi) is 4.71.